The van der Waals surface area contributed by atoms with Gasteiger partial charge in [-0.3, -0.25) is 9.88 Å². The van der Waals surface area contributed by atoms with Gasteiger partial charge in [-0.25, -0.2) is 0 Å². The Hall–Kier alpha value is -0.124. The molecule has 0 aromatic carbocycles. The Morgan fingerprint density at radius 1 is 1.62 bits per heavy atom. The van der Waals surface area contributed by atoms with E-state index in [2.05, 4.69) is 23.0 Å². The third-order valence-electron chi connectivity index (χ3n) is 2.59. The third-order valence-corrected chi connectivity index (χ3v) is 2.59. The Morgan fingerprint density at radius 2 is 2.46 bits per heavy atom. The van der Waals surface area contributed by atoms with Crippen molar-refractivity contribution in [2.45, 2.75) is 18.9 Å². The summed E-state index contributed by atoms with van der Waals surface area (Å²) in [4.78, 5) is 6.54. The minimum Gasteiger partial charge on any atom is -1.00 e. The number of hydrogen-bond acceptors (Lipinski definition) is 2. The van der Waals surface area contributed by atoms with E-state index in [4.69, 9.17) is 0 Å². The smallest absolute Gasteiger partial charge is 1.00 e. The molecule has 2 rings (SSSR count). The minimum atomic E-state index is 0. The molecule has 0 saturated carbocycles. The molecule has 0 bridgehead atoms. The van der Waals surface area contributed by atoms with E-state index in [1.165, 1.54) is 24.9 Å². The number of likely N-dealkylation sites (tertiary alicyclic amines) is 1. The molecule has 1 aliphatic heterocycles. The van der Waals surface area contributed by atoms with Crippen LogP contribution in [0.5, 0.6) is 0 Å². The van der Waals surface area contributed by atoms with Crippen molar-refractivity contribution in [1.29, 1.82) is 0 Å². The summed E-state index contributed by atoms with van der Waals surface area (Å²) in [5.74, 6) is 0. The van der Waals surface area contributed by atoms with Gasteiger partial charge in [0.2, 0.25) is 0 Å². The molecule has 0 aliphatic carbocycles. The Labute approximate surface area is 98.5 Å². The predicted molar refractivity (Wildman–Crippen MR) is 56.8 cm³/mol. The summed E-state index contributed by atoms with van der Waals surface area (Å²) in [6, 6.07) is 4.79. The summed E-state index contributed by atoms with van der Waals surface area (Å²) >= 11 is 0. The van der Waals surface area contributed by atoms with Crippen molar-refractivity contribution in [3.05, 3.63) is 30.1 Å². The molecule has 1 saturated heterocycles. The van der Waals surface area contributed by atoms with Gasteiger partial charge in [0.15, 0.2) is 0 Å². The normalized spacial score (nSPS) is 22.7. The van der Waals surface area contributed by atoms with Crippen molar-refractivity contribution in [2.75, 3.05) is 13.6 Å². The molecule has 0 amide bonds. The van der Waals surface area contributed by atoms with Gasteiger partial charge in [0.25, 0.3) is 0 Å². The Bertz CT molecular complexity index is 259. The van der Waals surface area contributed by atoms with Crippen molar-refractivity contribution in [2.24, 2.45) is 0 Å². The van der Waals surface area contributed by atoms with Crippen LogP contribution >= 0.6 is 0 Å². The predicted octanol–water partition coefficient (Wildman–Crippen LogP) is 1.69. The number of hydrogen-bond donors (Lipinski definition) is 0. The van der Waals surface area contributed by atoms with Gasteiger partial charge in [-0.2, -0.15) is 0 Å². The third kappa shape index (κ3) is 2.42. The van der Waals surface area contributed by atoms with Crippen LogP contribution in [-0.2, 0) is 0 Å². The molecule has 0 N–H and O–H groups in total. The first-order chi connectivity index (χ1) is 5.88. The van der Waals surface area contributed by atoms with Crippen LogP contribution in [0.4, 0.5) is 0 Å². The number of rotatable bonds is 1. The molecule has 1 fully saturated rings. The summed E-state index contributed by atoms with van der Waals surface area (Å²) in [7, 11) is 2.19. The molecular weight excluding hydrogens is 172 g/mol. The molecular formula is C10H16MgN2. The minimum absolute atomic E-state index is 0. The van der Waals surface area contributed by atoms with Gasteiger partial charge in [0, 0.05) is 18.4 Å². The zero-order valence-corrected chi connectivity index (χ0v) is 9.52. The Morgan fingerprint density at radius 3 is 3.00 bits per heavy atom. The second kappa shape index (κ2) is 4.93. The second-order valence-electron chi connectivity index (χ2n) is 3.42. The molecule has 2 heterocycles. The fourth-order valence-electron chi connectivity index (χ4n) is 1.90. The van der Waals surface area contributed by atoms with Gasteiger partial charge in [-0.1, -0.05) is 6.07 Å². The molecule has 0 radical (unpaired) electrons. The fraction of sp³-hybridized carbons (Fsp3) is 0.500. The molecule has 1 aromatic rings. The maximum absolute atomic E-state index is 4.14. The maximum Gasteiger partial charge on any atom is 2.00 e. The largest absolute Gasteiger partial charge is 2.00 e. The van der Waals surface area contributed by atoms with Crippen molar-refractivity contribution in [1.82, 2.24) is 9.88 Å². The van der Waals surface area contributed by atoms with E-state index in [-0.39, 0.29) is 25.9 Å². The monoisotopic (exact) mass is 188 g/mol. The van der Waals surface area contributed by atoms with Gasteiger partial charge in [-0.05, 0) is 38.1 Å². The molecule has 0 unspecified atom stereocenters. The van der Waals surface area contributed by atoms with Gasteiger partial charge in [0.05, 0.1) is 0 Å². The van der Waals surface area contributed by atoms with Gasteiger partial charge in [-0.15, -0.1) is 0 Å². The Kier molecular flexibility index (Phi) is 4.16. The first-order valence-electron chi connectivity index (χ1n) is 4.48. The van der Waals surface area contributed by atoms with Crippen LogP contribution in [0.2, 0.25) is 0 Å². The summed E-state index contributed by atoms with van der Waals surface area (Å²) in [6.07, 6.45) is 6.41. The van der Waals surface area contributed by atoms with Crippen molar-refractivity contribution in [3.8, 4) is 0 Å². The van der Waals surface area contributed by atoms with Crippen LogP contribution in [0.25, 0.3) is 0 Å². The SMILES string of the molecule is CN1CCC[C@H]1c1cccnc1.[H-].[H-].[Mg+2]. The van der Waals surface area contributed by atoms with Crippen molar-refractivity contribution in [3.63, 3.8) is 0 Å². The maximum atomic E-state index is 4.14. The summed E-state index contributed by atoms with van der Waals surface area (Å²) < 4.78 is 0. The second-order valence-corrected chi connectivity index (χ2v) is 3.42. The van der Waals surface area contributed by atoms with Gasteiger partial charge in [0.1, 0.15) is 0 Å². The molecule has 1 atom stereocenters. The van der Waals surface area contributed by atoms with Crippen LogP contribution in [0.3, 0.4) is 0 Å². The summed E-state index contributed by atoms with van der Waals surface area (Å²) in [6.45, 7) is 1.22. The van der Waals surface area contributed by atoms with E-state index >= 15 is 0 Å². The first kappa shape index (κ1) is 11.0. The molecule has 3 heteroatoms. The van der Waals surface area contributed by atoms with Crippen molar-refractivity contribution < 1.29 is 2.85 Å². The zero-order chi connectivity index (χ0) is 8.39. The van der Waals surface area contributed by atoms with Crippen LogP contribution in [0.1, 0.15) is 27.3 Å². The van der Waals surface area contributed by atoms with E-state index in [1.54, 1.807) is 0 Å². The number of pyridine rings is 1. The van der Waals surface area contributed by atoms with Crippen LogP contribution in [-0.4, -0.2) is 46.5 Å². The average Bonchev–Trinajstić information content (AvgIpc) is 2.53. The molecule has 2 nitrogen and oxygen atoms in total. The fourth-order valence-corrected chi connectivity index (χ4v) is 1.90. The van der Waals surface area contributed by atoms with Crippen LogP contribution < -0.4 is 0 Å². The van der Waals surface area contributed by atoms with E-state index < -0.39 is 0 Å². The standard InChI is InChI=1S/C10H14N2.Mg.2H/c1-12-7-3-5-10(12)9-4-2-6-11-8-9;;;/h2,4,6,8,10H,3,5,7H2,1H3;;;/q;+2;2*-1/t10-;;;/m0.../s1. The average molecular weight is 189 g/mol. The van der Waals surface area contributed by atoms with E-state index in [0.29, 0.717) is 6.04 Å². The first-order valence-corrected chi connectivity index (χ1v) is 4.48. The topological polar surface area (TPSA) is 16.1 Å². The molecule has 1 aromatic heterocycles. The zero-order valence-electron chi connectivity index (χ0n) is 10.1. The van der Waals surface area contributed by atoms with Gasteiger partial charge >= 0.3 is 23.1 Å². The number of nitrogens with zero attached hydrogens (tertiary/aromatic N) is 2. The van der Waals surface area contributed by atoms with Crippen molar-refractivity contribution >= 4 is 23.1 Å². The molecule has 0 spiro atoms. The summed E-state index contributed by atoms with van der Waals surface area (Å²) in [5.41, 5.74) is 1.36. The van der Waals surface area contributed by atoms with E-state index in [0.717, 1.165) is 0 Å². The quantitative estimate of drug-likeness (QED) is 0.624. The van der Waals surface area contributed by atoms with Gasteiger partial charge < -0.3 is 2.85 Å². The van der Waals surface area contributed by atoms with E-state index in [9.17, 15) is 0 Å². The summed E-state index contributed by atoms with van der Waals surface area (Å²) in [5, 5.41) is 0. The van der Waals surface area contributed by atoms with E-state index in [1.807, 2.05) is 18.5 Å². The number of aromatic nitrogens is 1. The molecule has 13 heavy (non-hydrogen) atoms. The Balaban J connectivity index is 0. The molecule has 68 valence electrons. The molecule has 1 aliphatic rings. The van der Waals surface area contributed by atoms with Crippen LogP contribution in [0, 0.1) is 0 Å². The van der Waals surface area contributed by atoms with Crippen LogP contribution in [0.15, 0.2) is 24.5 Å².